The molecule has 7 heteroatoms. The number of benzene rings is 2. The predicted molar refractivity (Wildman–Crippen MR) is 96.4 cm³/mol. The third-order valence-corrected chi connectivity index (χ3v) is 3.85. The second-order valence-electron chi connectivity index (χ2n) is 5.09. The van der Waals surface area contributed by atoms with Crippen molar-refractivity contribution in [2.75, 3.05) is 10.6 Å². The van der Waals surface area contributed by atoms with Crippen LogP contribution in [0.3, 0.4) is 0 Å². The quantitative estimate of drug-likeness (QED) is 0.701. The molecule has 0 radical (unpaired) electrons. The topological polar surface area (TPSA) is 86.5 Å². The van der Waals surface area contributed by atoms with Gasteiger partial charge in [-0.15, -0.1) is 5.10 Å². The second-order valence-corrected chi connectivity index (χ2v) is 5.95. The first-order chi connectivity index (χ1) is 11.6. The van der Waals surface area contributed by atoms with Gasteiger partial charge in [-0.25, -0.2) is 0 Å². The standard InChI is InChI=1S/C17H13BrN6/c1-11-5-6-15(14(18)7-11)22-16-10-20-24-17(23-16)21-13-4-2-3-12(8-13)9-19/h2-8,10H,1H3,(H2,21,22,23,24). The number of nitrogens with one attached hydrogen (secondary N) is 2. The number of rotatable bonds is 4. The highest BCUT2D eigenvalue weighted by Crippen LogP contribution is 2.26. The predicted octanol–water partition coefficient (Wildman–Crippen LogP) is 4.30. The Morgan fingerprint density at radius 2 is 2.00 bits per heavy atom. The summed E-state index contributed by atoms with van der Waals surface area (Å²) in [5, 5.41) is 23.1. The Balaban J connectivity index is 1.80. The van der Waals surface area contributed by atoms with Crippen molar-refractivity contribution >= 4 is 39.1 Å². The molecule has 0 aliphatic carbocycles. The van der Waals surface area contributed by atoms with Crippen LogP contribution in [-0.4, -0.2) is 15.2 Å². The van der Waals surface area contributed by atoms with Gasteiger partial charge in [0.2, 0.25) is 5.95 Å². The number of halogens is 1. The van der Waals surface area contributed by atoms with E-state index in [1.165, 1.54) is 0 Å². The largest absolute Gasteiger partial charge is 0.338 e. The van der Waals surface area contributed by atoms with E-state index >= 15 is 0 Å². The van der Waals surface area contributed by atoms with Crippen LogP contribution in [0.2, 0.25) is 0 Å². The summed E-state index contributed by atoms with van der Waals surface area (Å²) in [6.07, 6.45) is 1.54. The first kappa shape index (κ1) is 15.9. The van der Waals surface area contributed by atoms with Gasteiger partial charge in [0, 0.05) is 10.2 Å². The number of anilines is 4. The van der Waals surface area contributed by atoms with Crippen LogP contribution in [0.5, 0.6) is 0 Å². The molecule has 0 fully saturated rings. The van der Waals surface area contributed by atoms with Gasteiger partial charge in [0.15, 0.2) is 5.82 Å². The Hall–Kier alpha value is -2.98. The zero-order chi connectivity index (χ0) is 16.9. The van der Waals surface area contributed by atoms with Crippen LogP contribution in [-0.2, 0) is 0 Å². The molecule has 3 rings (SSSR count). The first-order valence-electron chi connectivity index (χ1n) is 7.14. The van der Waals surface area contributed by atoms with Gasteiger partial charge in [-0.2, -0.15) is 15.3 Å². The molecule has 0 atom stereocenters. The van der Waals surface area contributed by atoms with Gasteiger partial charge < -0.3 is 10.6 Å². The van der Waals surface area contributed by atoms with E-state index in [4.69, 9.17) is 5.26 Å². The fourth-order valence-electron chi connectivity index (χ4n) is 2.07. The summed E-state index contributed by atoms with van der Waals surface area (Å²) >= 11 is 3.52. The Morgan fingerprint density at radius 3 is 2.79 bits per heavy atom. The van der Waals surface area contributed by atoms with Gasteiger partial charge in [0.05, 0.1) is 23.5 Å². The van der Waals surface area contributed by atoms with E-state index in [2.05, 4.69) is 47.8 Å². The Kier molecular flexibility index (Phi) is 4.68. The average Bonchev–Trinajstić information content (AvgIpc) is 2.58. The van der Waals surface area contributed by atoms with Crippen molar-refractivity contribution in [1.29, 1.82) is 5.26 Å². The zero-order valence-corrected chi connectivity index (χ0v) is 14.4. The lowest BCUT2D eigenvalue weighted by Crippen LogP contribution is -2.02. The molecule has 0 aliphatic heterocycles. The van der Waals surface area contributed by atoms with Crippen molar-refractivity contribution in [2.24, 2.45) is 0 Å². The zero-order valence-electron chi connectivity index (χ0n) is 12.8. The maximum absolute atomic E-state index is 8.95. The molecule has 3 aromatic rings. The van der Waals surface area contributed by atoms with E-state index in [0.717, 1.165) is 21.4 Å². The number of nitriles is 1. The second kappa shape index (κ2) is 7.06. The van der Waals surface area contributed by atoms with Crippen molar-refractivity contribution < 1.29 is 0 Å². The van der Waals surface area contributed by atoms with Gasteiger partial charge in [-0.3, -0.25) is 0 Å². The Bertz CT molecular complexity index is 919. The van der Waals surface area contributed by atoms with Gasteiger partial charge in [-0.05, 0) is 58.7 Å². The number of aromatic nitrogens is 3. The van der Waals surface area contributed by atoms with Gasteiger partial charge in [-0.1, -0.05) is 12.1 Å². The van der Waals surface area contributed by atoms with E-state index in [0.29, 0.717) is 17.3 Å². The lowest BCUT2D eigenvalue weighted by atomic mass is 10.2. The van der Waals surface area contributed by atoms with Gasteiger partial charge in [0.25, 0.3) is 0 Å². The summed E-state index contributed by atoms with van der Waals surface area (Å²) in [7, 11) is 0. The first-order valence-corrected chi connectivity index (χ1v) is 7.93. The highest BCUT2D eigenvalue weighted by Gasteiger charge is 2.05. The lowest BCUT2D eigenvalue weighted by molar-refractivity contribution is 0.982. The summed E-state index contributed by atoms with van der Waals surface area (Å²) in [5.41, 5.74) is 3.34. The number of nitrogens with zero attached hydrogens (tertiary/aromatic N) is 4. The highest BCUT2D eigenvalue weighted by atomic mass is 79.9. The summed E-state index contributed by atoms with van der Waals surface area (Å²) in [5.74, 6) is 0.909. The fraction of sp³-hybridized carbons (Fsp3) is 0.0588. The van der Waals surface area contributed by atoms with Crippen LogP contribution in [0, 0.1) is 18.3 Å². The van der Waals surface area contributed by atoms with E-state index in [-0.39, 0.29) is 0 Å². The Labute approximate surface area is 147 Å². The van der Waals surface area contributed by atoms with Crippen LogP contribution in [0.1, 0.15) is 11.1 Å². The monoisotopic (exact) mass is 380 g/mol. The van der Waals surface area contributed by atoms with Gasteiger partial charge >= 0.3 is 0 Å². The van der Waals surface area contributed by atoms with Crippen LogP contribution in [0.4, 0.5) is 23.1 Å². The van der Waals surface area contributed by atoms with Crippen LogP contribution in [0.15, 0.2) is 53.1 Å². The summed E-state index contributed by atoms with van der Waals surface area (Å²) in [6.45, 7) is 2.03. The molecule has 0 amide bonds. The van der Waals surface area contributed by atoms with Crippen LogP contribution >= 0.6 is 15.9 Å². The molecule has 1 heterocycles. The molecule has 0 aliphatic rings. The summed E-state index contributed by atoms with van der Waals surface area (Å²) < 4.78 is 0.942. The molecular weight excluding hydrogens is 368 g/mol. The number of hydrogen-bond donors (Lipinski definition) is 2. The molecular formula is C17H13BrN6. The maximum Gasteiger partial charge on any atom is 0.249 e. The minimum Gasteiger partial charge on any atom is -0.338 e. The average molecular weight is 381 g/mol. The minimum atomic E-state index is 0.346. The Morgan fingerprint density at radius 1 is 1.12 bits per heavy atom. The van der Waals surface area contributed by atoms with Crippen LogP contribution in [0.25, 0.3) is 0 Å². The van der Waals surface area contributed by atoms with Crippen molar-refractivity contribution in [3.8, 4) is 6.07 Å². The summed E-state index contributed by atoms with van der Waals surface area (Å²) in [4.78, 5) is 4.38. The van der Waals surface area contributed by atoms with Crippen molar-refractivity contribution in [1.82, 2.24) is 15.2 Å². The normalized spacial score (nSPS) is 10.0. The molecule has 2 N–H and O–H groups in total. The molecule has 0 saturated carbocycles. The van der Waals surface area contributed by atoms with Crippen molar-refractivity contribution in [3.63, 3.8) is 0 Å². The van der Waals surface area contributed by atoms with E-state index in [1.807, 2.05) is 31.2 Å². The number of hydrogen-bond acceptors (Lipinski definition) is 6. The molecule has 2 aromatic carbocycles. The minimum absolute atomic E-state index is 0.346. The van der Waals surface area contributed by atoms with E-state index in [1.54, 1.807) is 24.4 Å². The molecule has 0 spiro atoms. The van der Waals surface area contributed by atoms with Crippen LogP contribution < -0.4 is 10.6 Å². The SMILES string of the molecule is Cc1ccc(Nc2cnnc(Nc3cccc(C#N)c3)n2)c(Br)c1. The van der Waals surface area contributed by atoms with Crippen molar-refractivity contribution in [2.45, 2.75) is 6.92 Å². The molecule has 0 saturated heterocycles. The molecule has 0 bridgehead atoms. The molecule has 24 heavy (non-hydrogen) atoms. The third kappa shape index (κ3) is 3.86. The molecule has 6 nitrogen and oxygen atoms in total. The third-order valence-electron chi connectivity index (χ3n) is 3.19. The summed E-state index contributed by atoms with van der Waals surface area (Å²) in [6, 6.07) is 15.2. The van der Waals surface area contributed by atoms with Gasteiger partial charge in [0.1, 0.15) is 0 Å². The van der Waals surface area contributed by atoms with E-state index < -0.39 is 0 Å². The maximum atomic E-state index is 8.95. The fourth-order valence-corrected chi connectivity index (χ4v) is 2.66. The van der Waals surface area contributed by atoms with E-state index in [9.17, 15) is 0 Å². The molecule has 1 aromatic heterocycles. The molecule has 0 unspecified atom stereocenters. The van der Waals surface area contributed by atoms with Crippen molar-refractivity contribution in [3.05, 3.63) is 64.3 Å². The lowest BCUT2D eigenvalue weighted by Gasteiger charge is -2.09. The molecule has 118 valence electrons. The smallest absolute Gasteiger partial charge is 0.249 e. The highest BCUT2D eigenvalue weighted by molar-refractivity contribution is 9.10. The number of aryl methyl sites for hydroxylation is 1.